The second kappa shape index (κ2) is 8.36. The fourth-order valence-electron chi connectivity index (χ4n) is 3.52. The summed E-state index contributed by atoms with van der Waals surface area (Å²) in [5.41, 5.74) is 3.31. The number of imide groups is 1. The van der Waals surface area contributed by atoms with E-state index in [0.29, 0.717) is 28.3 Å². The molecule has 0 saturated carbocycles. The van der Waals surface area contributed by atoms with Crippen LogP contribution in [0.4, 0.5) is 11.4 Å². The van der Waals surface area contributed by atoms with Gasteiger partial charge in [-0.25, -0.2) is 4.90 Å². The van der Waals surface area contributed by atoms with Crippen LogP contribution < -0.4 is 19.7 Å². The van der Waals surface area contributed by atoms with Crippen molar-refractivity contribution in [3.05, 3.63) is 89.6 Å². The minimum atomic E-state index is -0.442. The molecule has 6 heteroatoms. The summed E-state index contributed by atoms with van der Waals surface area (Å²) >= 11 is 0. The lowest BCUT2D eigenvalue weighted by Crippen LogP contribution is -2.32. The third-order valence-corrected chi connectivity index (χ3v) is 5.15. The SMILES string of the molecule is COc1cc(OC)cc(N2C(=O)C(Nc3ccccc3C)=C(c3ccccc3)C2=O)c1. The van der Waals surface area contributed by atoms with E-state index in [1.165, 1.54) is 14.2 Å². The number of anilines is 2. The van der Waals surface area contributed by atoms with Crippen LogP contribution in [0.5, 0.6) is 11.5 Å². The Hall–Kier alpha value is -4.06. The van der Waals surface area contributed by atoms with Crippen LogP contribution >= 0.6 is 0 Å². The van der Waals surface area contributed by atoms with Crippen molar-refractivity contribution in [3.63, 3.8) is 0 Å². The van der Waals surface area contributed by atoms with Gasteiger partial charge in [-0.3, -0.25) is 9.59 Å². The molecule has 3 aromatic rings. The summed E-state index contributed by atoms with van der Waals surface area (Å²) in [6.07, 6.45) is 0. The first-order valence-corrected chi connectivity index (χ1v) is 9.77. The first kappa shape index (κ1) is 20.2. The number of nitrogens with one attached hydrogen (secondary N) is 1. The van der Waals surface area contributed by atoms with Gasteiger partial charge >= 0.3 is 0 Å². The van der Waals surface area contributed by atoms with Crippen molar-refractivity contribution in [2.24, 2.45) is 0 Å². The molecule has 3 aromatic carbocycles. The van der Waals surface area contributed by atoms with Crippen LogP contribution in [0.1, 0.15) is 11.1 Å². The number of para-hydroxylation sites is 1. The van der Waals surface area contributed by atoms with E-state index in [1.54, 1.807) is 18.2 Å². The maximum absolute atomic E-state index is 13.5. The number of amides is 2. The Labute approximate surface area is 180 Å². The molecule has 2 amide bonds. The molecule has 31 heavy (non-hydrogen) atoms. The molecule has 1 aliphatic heterocycles. The van der Waals surface area contributed by atoms with Gasteiger partial charge in [0.1, 0.15) is 17.2 Å². The fraction of sp³-hybridized carbons (Fsp3) is 0.120. The van der Waals surface area contributed by atoms with Gasteiger partial charge in [-0.05, 0) is 24.1 Å². The van der Waals surface area contributed by atoms with Crippen LogP contribution in [0.2, 0.25) is 0 Å². The highest BCUT2D eigenvalue weighted by Gasteiger charge is 2.40. The molecule has 0 unspecified atom stereocenters. The fourth-order valence-corrected chi connectivity index (χ4v) is 3.52. The number of carbonyl (C=O) groups is 2. The maximum Gasteiger partial charge on any atom is 0.282 e. The Bertz CT molecular complexity index is 1160. The molecule has 0 radical (unpaired) electrons. The minimum Gasteiger partial charge on any atom is -0.497 e. The van der Waals surface area contributed by atoms with Gasteiger partial charge in [-0.2, -0.15) is 0 Å². The highest BCUT2D eigenvalue weighted by atomic mass is 16.5. The largest absolute Gasteiger partial charge is 0.497 e. The molecular formula is C25H22N2O4. The van der Waals surface area contributed by atoms with E-state index in [4.69, 9.17) is 9.47 Å². The average Bonchev–Trinajstić information content (AvgIpc) is 3.04. The van der Waals surface area contributed by atoms with E-state index in [-0.39, 0.29) is 5.70 Å². The summed E-state index contributed by atoms with van der Waals surface area (Å²) < 4.78 is 10.6. The number of rotatable bonds is 6. The van der Waals surface area contributed by atoms with Crippen molar-refractivity contribution in [1.29, 1.82) is 0 Å². The lowest BCUT2D eigenvalue weighted by Gasteiger charge is -2.17. The number of methoxy groups -OCH3 is 2. The van der Waals surface area contributed by atoms with Crippen molar-refractivity contribution >= 4 is 28.8 Å². The number of nitrogens with zero attached hydrogens (tertiary/aromatic N) is 1. The van der Waals surface area contributed by atoms with Crippen molar-refractivity contribution in [3.8, 4) is 11.5 Å². The Morgan fingerprint density at radius 3 is 2.00 bits per heavy atom. The van der Waals surface area contributed by atoms with E-state index in [1.807, 2.05) is 61.5 Å². The molecule has 0 atom stereocenters. The number of carbonyl (C=O) groups excluding carboxylic acids is 2. The Kier molecular flexibility index (Phi) is 5.45. The number of hydrogen-bond acceptors (Lipinski definition) is 5. The summed E-state index contributed by atoms with van der Waals surface area (Å²) in [4.78, 5) is 28.2. The second-order valence-corrected chi connectivity index (χ2v) is 7.07. The zero-order valence-electron chi connectivity index (χ0n) is 17.5. The molecular weight excluding hydrogens is 392 g/mol. The van der Waals surface area contributed by atoms with E-state index in [0.717, 1.165) is 16.2 Å². The maximum atomic E-state index is 13.5. The van der Waals surface area contributed by atoms with Crippen molar-refractivity contribution in [1.82, 2.24) is 0 Å². The smallest absolute Gasteiger partial charge is 0.282 e. The highest BCUT2D eigenvalue weighted by molar-refractivity contribution is 6.46. The van der Waals surface area contributed by atoms with Gasteiger partial charge in [0.2, 0.25) is 0 Å². The molecule has 0 saturated heterocycles. The topological polar surface area (TPSA) is 67.9 Å². The molecule has 0 aliphatic carbocycles. The molecule has 1 heterocycles. The first-order chi connectivity index (χ1) is 15.0. The van der Waals surface area contributed by atoms with Gasteiger partial charge in [0, 0.05) is 23.9 Å². The summed E-state index contributed by atoms with van der Waals surface area (Å²) in [6.45, 7) is 1.94. The monoisotopic (exact) mass is 414 g/mol. The van der Waals surface area contributed by atoms with E-state index >= 15 is 0 Å². The van der Waals surface area contributed by atoms with Gasteiger partial charge in [-0.1, -0.05) is 48.5 Å². The third-order valence-electron chi connectivity index (χ3n) is 5.15. The zero-order valence-corrected chi connectivity index (χ0v) is 17.5. The van der Waals surface area contributed by atoms with E-state index in [2.05, 4.69) is 5.32 Å². The van der Waals surface area contributed by atoms with Crippen LogP contribution in [0.15, 0.2) is 78.5 Å². The van der Waals surface area contributed by atoms with Gasteiger partial charge < -0.3 is 14.8 Å². The van der Waals surface area contributed by atoms with Crippen LogP contribution in [0.25, 0.3) is 5.57 Å². The van der Waals surface area contributed by atoms with Crippen molar-refractivity contribution in [2.45, 2.75) is 6.92 Å². The molecule has 1 aliphatic rings. The molecule has 0 spiro atoms. The summed E-state index contributed by atoms with van der Waals surface area (Å²) in [5, 5.41) is 3.20. The summed E-state index contributed by atoms with van der Waals surface area (Å²) in [7, 11) is 3.04. The average molecular weight is 414 g/mol. The van der Waals surface area contributed by atoms with E-state index < -0.39 is 11.8 Å². The number of ether oxygens (including phenoxy) is 2. The molecule has 4 rings (SSSR count). The normalized spacial score (nSPS) is 13.6. The zero-order chi connectivity index (χ0) is 22.0. The standard InChI is InChI=1S/C25H22N2O4/c1-16-9-7-8-12-21(16)26-23-22(17-10-5-4-6-11-17)24(28)27(25(23)29)18-13-19(30-2)15-20(14-18)31-3/h4-15,26H,1-3H3. The summed E-state index contributed by atoms with van der Waals surface area (Å²) in [5.74, 6) is 0.109. The van der Waals surface area contributed by atoms with E-state index in [9.17, 15) is 9.59 Å². The highest BCUT2D eigenvalue weighted by Crippen LogP contribution is 2.37. The molecule has 6 nitrogen and oxygen atoms in total. The Morgan fingerprint density at radius 2 is 1.39 bits per heavy atom. The van der Waals surface area contributed by atoms with Gasteiger partial charge in [0.15, 0.2) is 0 Å². The molecule has 1 N–H and O–H groups in total. The predicted molar refractivity (Wildman–Crippen MR) is 120 cm³/mol. The second-order valence-electron chi connectivity index (χ2n) is 7.07. The quantitative estimate of drug-likeness (QED) is 0.605. The van der Waals surface area contributed by atoms with Crippen LogP contribution in [0, 0.1) is 6.92 Å². The summed E-state index contributed by atoms with van der Waals surface area (Å²) in [6, 6.07) is 21.7. The van der Waals surface area contributed by atoms with Gasteiger partial charge in [0.05, 0.1) is 25.5 Å². The molecule has 156 valence electrons. The minimum absolute atomic E-state index is 0.229. The molecule has 0 fully saturated rings. The van der Waals surface area contributed by atoms with Crippen LogP contribution in [-0.2, 0) is 9.59 Å². The lowest BCUT2D eigenvalue weighted by atomic mass is 10.0. The van der Waals surface area contributed by atoms with Crippen LogP contribution in [-0.4, -0.2) is 26.0 Å². The lowest BCUT2D eigenvalue weighted by molar-refractivity contribution is -0.120. The third kappa shape index (κ3) is 3.75. The number of hydrogen-bond donors (Lipinski definition) is 1. The number of benzene rings is 3. The van der Waals surface area contributed by atoms with Crippen molar-refractivity contribution < 1.29 is 19.1 Å². The molecule has 0 bridgehead atoms. The Morgan fingerprint density at radius 1 is 0.774 bits per heavy atom. The Balaban J connectivity index is 1.84. The van der Waals surface area contributed by atoms with Gasteiger partial charge in [0.25, 0.3) is 11.8 Å². The molecule has 0 aromatic heterocycles. The first-order valence-electron chi connectivity index (χ1n) is 9.77. The van der Waals surface area contributed by atoms with Crippen LogP contribution in [0.3, 0.4) is 0 Å². The van der Waals surface area contributed by atoms with Crippen molar-refractivity contribution in [2.75, 3.05) is 24.4 Å². The number of aryl methyl sites for hydroxylation is 1. The predicted octanol–water partition coefficient (Wildman–Crippen LogP) is 4.41. The van der Waals surface area contributed by atoms with Gasteiger partial charge in [-0.15, -0.1) is 0 Å².